The number of piperidine rings is 1. The number of benzene rings is 1. The van der Waals surface area contributed by atoms with E-state index in [0.29, 0.717) is 16.6 Å². The summed E-state index contributed by atoms with van der Waals surface area (Å²) >= 11 is 3.48. The Morgan fingerprint density at radius 3 is 2.43 bits per heavy atom. The maximum absolute atomic E-state index is 15.8. The van der Waals surface area contributed by atoms with Crippen LogP contribution >= 0.6 is 23.1 Å². The summed E-state index contributed by atoms with van der Waals surface area (Å²) in [6.45, 7) is 23.4. The zero-order valence-corrected chi connectivity index (χ0v) is 30.8. The molecule has 1 aliphatic heterocycles. The van der Waals surface area contributed by atoms with E-state index in [0.717, 1.165) is 63.7 Å². The summed E-state index contributed by atoms with van der Waals surface area (Å²) in [6.07, 6.45) is 8.23. The zero-order valence-electron chi connectivity index (χ0n) is 29.1. The number of hydrogen-bond donors (Lipinski definition) is 0. The molecule has 2 aliphatic rings. The molecule has 254 valence electrons. The van der Waals surface area contributed by atoms with Gasteiger partial charge in [-0.05, 0) is 101 Å². The van der Waals surface area contributed by atoms with Gasteiger partial charge >= 0.3 is 6.09 Å². The number of ether oxygens (including phenoxy) is 2. The van der Waals surface area contributed by atoms with Crippen LogP contribution < -0.4 is 0 Å². The van der Waals surface area contributed by atoms with Crippen molar-refractivity contribution in [2.24, 2.45) is 5.92 Å². The number of halogens is 1. The molecule has 2 fully saturated rings. The Morgan fingerprint density at radius 2 is 1.85 bits per heavy atom. The van der Waals surface area contributed by atoms with Gasteiger partial charge in [-0.15, -0.1) is 11.3 Å². The number of aromatic nitrogens is 2. The van der Waals surface area contributed by atoms with Crippen LogP contribution in [0.1, 0.15) is 83.2 Å². The number of imidazole rings is 1. The van der Waals surface area contributed by atoms with Gasteiger partial charge in [0.05, 0.1) is 23.0 Å². The van der Waals surface area contributed by atoms with Crippen LogP contribution in [0.3, 0.4) is 0 Å². The molecule has 1 amide bonds. The number of rotatable bonds is 7. The topological polar surface area (TPSA) is 56.6 Å². The van der Waals surface area contributed by atoms with Crippen LogP contribution in [0.15, 0.2) is 73.1 Å². The Labute approximate surface area is 288 Å². The van der Waals surface area contributed by atoms with Crippen molar-refractivity contribution >= 4 is 46.0 Å². The summed E-state index contributed by atoms with van der Waals surface area (Å²) in [6, 6.07) is 8.48. The Hall–Kier alpha value is -3.30. The molecule has 0 radical (unpaired) electrons. The van der Waals surface area contributed by atoms with Crippen LogP contribution in [0.2, 0.25) is 0 Å². The highest BCUT2D eigenvalue weighted by atomic mass is 32.2. The van der Waals surface area contributed by atoms with Gasteiger partial charge in [-0.1, -0.05) is 44.4 Å². The number of amides is 1. The standard InChI is InChI=1S/C34H42FN3O3S2.C4H8/c1-9-25-20(2)21(3)30(31(25)35)26-17-29(43-32(26)22(4)40-8)38-19-36-27-11-10-23(16-28(27)38)18-42-24-12-14-37(15-13-24)33(39)41-34(5,6)7;1-3-4-2/h9-11,16-17,19,21,24,30-31H,2,4,12-15,18H2,1,3,5-8H3;3-4H,1-2H3/b25-9+;4-3-. The summed E-state index contributed by atoms with van der Waals surface area (Å²) in [4.78, 5) is 19.8. The molecule has 3 unspecified atom stereocenters. The van der Waals surface area contributed by atoms with E-state index in [4.69, 9.17) is 9.47 Å². The van der Waals surface area contributed by atoms with Crippen molar-refractivity contribution in [1.82, 2.24) is 14.5 Å². The summed E-state index contributed by atoms with van der Waals surface area (Å²) in [5, 5.41) is 1.43. The zero-order chi connectivity index (χ0) is 34.5. The number of likely N-dealkylation sites (tertiary alicyclic amines) is 1. The number of nitrogens with zero attached hydrogens (tertiary/aromatic N) is 3. The number of thioether (sulfide) groups is 1. The highest BCUT2D eigenvalue weighted by molar-refractivity contribution is 7.99. The maximum atomic E-state index is 15.8. The van der Waals surface area contributed by atoms with Gasteiger partial charge < -0.3 is 14.4 Å². The Morgan fingerprint density at radius 1 is 1.17 bits per heavy atom. The molecular formula is C38H50FN3O3S2. The highest BCUT2D eigenvalue weighted by Gasteiger charge is 2.43. The summed E-state index contributed by atoms with van der Waals surface area (Å²) in [5.74, 6) is 1.02. The van der Waals surface area contributed by atoms with Crippen molar-refractivity contribution in [3.05, 3.63) is 89.1 Å². The molecule has 1 aromatic carbocycles. The molecule has 0 spiro atoms. The normalized spacial score (nSPS) is 21.4. The van der Waals surface area contributed by atoms with E-state index >= 15 is 4.39 Å². The predicted molar refractivity (Wildman–Crippen MR) is 197 cm³/mol. The lowest BCUT2D eigenvalue weighted by atomic mass is 9.88. The van der Waals surface area contributed by atoms with Gasteiger partial charge in [-0.3, -0.25) is 4.57 Å². The lowest BCUT2D eigenvalue weighted by Gasteiger charge is -2.33. The Kier molecular flexibility index (Phi) is 12.2. The minimum Gasteiger partial charge on any atom is -0.496 e. The Bertz CT molecular complexity index is 1630. The third kappa shape index (κ3) is 8.41. The first-order valence-corrected chi connectivity index (χ1v) is 18.2. The van der Waals surface area contributed by atoms with Crippen LogP contribution in [0.25, 0.3) is 21.8 Å². The van der Waals surface area contributed by atoms with Gasteiger partial charge in [-0.2, -0.15) is 11.8 Å². The van der Waals surface area contributed by atoms with Crippen LogP contribution in [0.4, 0.5) is 9.18 Å². The molecule has 0 bridgehead atoms. The second kappa shape index (κ2) is 15.7. The van der Waals surface area contributed by atoms with Crippen LogP contribution in [0.5, 0.6) is 0 Å². The molecule has 9 heteroatoms. The molecular weight excluding hydrogens is 630 g/mol. The smallest absolute Gasteiger partial charge is 0.410 e. The van der Waals surface area contributed by atoms with Crippen LogP contribution in [-0.2, 0) is 15.2 Å². The molecule has 47 heavy (non-hydrogen) atoms. The molecule has 5 rings (SSSR count). The van der Waals surface area contributed by atoms with Gasteiger partial charge in [0.15, 0.2) is 0 Å². The third-order valence-corrected chi connectivity index (χ3v) is 11.4. The number of thiophene rings is 1. The number of carbonyl (C=O) groups excluding carboxylic acids is 1. The second-order valence-corrected chi connectivity index (χ2v) is 15.4. The maximum Gasteiger partial charge on any atom is 0.410 e. The van der Waals surface area contributed by atoms with E-state index in [2.05, 4.69) is 47.0 Å². The lowest BCUT2D eigenvalue weighted by molar-refractivity contribution is 0.0219. The highest BCUT2D eigenvalue weighted by Crippen LogP contribution is 2.51. The molecule has 6 nitrogen and oxygen atoms in total. The van der Waals surface area contributed by atoms with E-state index in [1.54, 1.807) is 18.4 Å². The number of carbonyl (C=O) groups is 1. The van der Waals surface area contributed by atoms with E-state index in [1.807, 2.05) is 89.7 Å². The van der Waals surface area contributed by atoms with Gasteiger partial charge in [0.1, 0.15) is 28.9 Å². The molecule has 1 aliphatic carbocycles. The summed E-state index contributed by atoms with van der Waals surface area (Å²) < 4.78 is 28.9. The quantitative estimate of drug-likeness (QED) is 0.184. The van der Waals surface area contributed by atoms with Crippen molar-refractivity contribution in [3.63, 3.8) is 0 Å². The largest absolute Gasteiger partial charge is 0.496 e. The fraction of sp³-hybridized carbons (Fsp3) is 0.474. The van der Waals surface area contributed by atoms with Gasteiger partial charge in [0.25, 0.3) is 0 Å². The van der Waals surface area contributed by atoms with E-state index in [9.17, 15) is 4.79 Å². The molecule has 3 aromatic rings. The van der Waals surface area contributed by atoms with Crippen molar-refractivity contribution in [2.45, 2.75) is 90.0 Å². The number of alkyl halides is 1. The summed E-state index contributed by atoms with van der Waals surface area (Å²) in [5.41, 5.74) is 5.09. The minimum absolute atomic E-state index is 0.0359. The molecule has 1 saturated heterocycles. The van der Waals surface area contributed by atoms with Gasteiger partial charge in [0.2, 0.25) is 0 Å². The van der Waals surface area contributed by atoms with Gasteiger partial charge in [0, 0.05) is 30.0 Å². The van der Waals surface area contributed by atoms with Crippen LogP contribution in [-0.4, -0.2) is 57.8 Å². The number of methoxy groups -OCH3 is 1. The third-order valence-electron chi connectivity index (χ3n) is 8.75. The van der Waals surface area contributed by atoms with Crippen molar-refractivity contribution in [2.75, 3.05) is 20.2 Å². The van der Waals surface area contributed by atoms with E-state index in [-0.39, 0.29) is 17.9 Å². The molecule has 3 atom stereocenters. The summed E-state index contributed by atoms with van der Waals surface area (Å²) in [7, 11) is 1.60. The first-order chi connectivity index (χ1) is 22.3. The molecule has 0 N–H and O–H groups in total. The van der Waals surface area contributed by atoms with Crippen molar-refractivity contribution < 1.29 is 18.7 Å². The molecule has 2 aromatic heterocycles. The van der Waals surface area contributed by atoms with Crippen LogP contribution in [0, 0.1) is 5.92 Å². The van der Waals surface area contributed by atoms with E-state index < -0.39 is 11.8 Å². The minimum atomic E-state index is -1.13. The molecule has 1 saturated carbocycles. The first kappa shape index (κ1) is 36.5. The fourth-order valence-corrected chi connectivity index (χ4v) is 8.31. The fourth-order valence-electron chi connectivity index (χ4n) is 6.01. The Balaban J connectivity index is 0.00000118. The lowest BCUT2D eigenvalue weighted by Crippen LogP contribution is -2.42. The SMILES string of the molecule is C/C=C\C.C=C(OC)c1sc(-n2cnc3ccc(CSC4CCN(C(=O)OC(C)(C)C)CC4)cc32)cc1C1C(C)C(=C)/C(=C\C)C1F. The number of allylic oxidation sites excluding steroid dienone is 5. The monoisotopic (exact) mass is 679 g/mol. The average Bonchev–Trinajstić information content (AvgIpc) is 3.72. The van der Waals surface area contributed by atoms with E-state index in [1.165, 1.54) is 5.56 Å². The van der Waals surface area contributed by atoms with Crippen molar-refractivity contribution in [3.8, 4) is 5.00 Å². The average molecular weight is 680 g/mol. The predicted octanol–water partition coefficient (Wildman–Crippen LogP) is 10.5. The van der Waals surface area contributed by atoms with Crippen molar-refractivity contribution in [1.29, 1.82) is 0 Å². The van der Waals surface area contributed by atoms with Gasteiger partial charge in [-0.25, -0.2) is 14.2 Å². The number of fused-ring (bicyclic) bond motifs is 1. The molecule has 3 heterocycles. The number of hydrogen-bond acceptors (Lipinski definition) is 6. The second-order valence-electron chi connectivity index (χ2n) is 13.1. The first-order valence-electron chi connectivity index (χ1n) is 16.3.